The van der Waals surface area contributed by atoms with E-state index in [2.05, 4.69) is 41.2 Å². The van der Waals surface area contributed by atoms with E-state index in [-0.39, 0.29) is 23.3 Å². The van der Waals surface area contributed by atoms with Crippen LogP contribution in [0.5, 0.6) is 0 Å². The second kappa shape index (κ2) is 8.27. The molecule has 4 rings (SSSR count). The number of carbonyl (C=O) groups is 1. The Balaban J connectivity index is 1.66. The molecule has 1 unspecified atom stereocenters. The molecule has 0 aromatic carbocycles. The Kier molecular flexibility index (Phi) is 5.70. The molecule has 0 saturated carbocycles. The summed E-state index contributed by atoms with van der Waals surface area (Å²) in [7, 11) is 0. The van der Waals surface area contributed by atoms with Crippen molar-refractivity contribution in [2.24, 2.45) is 15.7 Å². The van der Waals surface area contributed by atoms with Crippen LogP contribution in [0, 0.1) is 0 Å². The van der Waals surface area contributed by atoms with Gasteiger partial charge in [0, 0.05) is 43.2 Å². The predicted octanol–water partition coefficient (Wildman–Crippen LogP) is 1.33. The van der Waals surface area contributed by atoms with Crippen molar-refractivity contribution in [3.8, 4) is 0 Å². The third-order valence-electron chi connectivity index (χ3n) is 5.27. The minimum atomic E-state index is -0.403. The highest BCUT2D eigenvalue weighted by Crippen LogP contribution is 2.35. The Morgan fingerprint density at radius 3 is 2.80 bits per heavy atom. The first-order valence-corrected chi connectivity index (χ1v) is 10.8. The average molecular weight is 474 g/mol. The van der Waals surface area contributed by atoms with Gasteiger partial charge in [-0.05, 0) is 48.7 Å². The lowest BCUT2D eigenvalue weighted by atomic mass is 10.0. The van der Waals surface area contributed by atoms with Gasteiger partial charge in [-0.1, -0.05) is 0 Å². The number of hydrogen-bond acceptors (Lipinski definition) is 7. The van der Waals surface area contributed by atoms with Crippen molar-refractivity contribution in [2.45, 2.75) is 44.9 Å². The van der Waals surface area contributed by atoms with Crippen molar-refractivity contribution in [1.82, 2.24) is 20.0 Å². The molecule has 158 valence electrons. The molecular formula is C20H24BrN7O2. The van der Waals surface area contributed by atoms with Gasteiger partial charge in [0.1, 0.15) is 5.69 Å². The molecule has 0 spiro atoms. The zero-order valence-electron chi connectivity index (χ0n) is 16.9. The van der Waals surface area contributed by atoms with E-state index in [0.717, 1.165) is 41.7 Å². The average Bonchev–Trinajstić information content (AvgIpc) is 3.10. The number of carbonyl (C=O) groups excluding carboxylic acids is 1. The lowest BCUT2D eigenvalue weighted by molar-refractivity contribution is 0.0960. The van der Waals surface area contributed by atoms with E-state index in [1.165, 1.54) is 16.8 Å². The largest absolute Gasteiger partial charge is 0.369 e. The van der Waals surface area contributed by atoms with Crippen LogP contribution >= 0.6 is 15.9 Å². The fourth-order valence-corrected chi connectivity index (χ4v) is 4.44. The Hall–Kier alpha value is -2.59. The number of amides is 1. The lowest BCUT2D eigenvalue weighted by Crippen LogP contribution is -2.44. The molecule has 2 atom stereocenters. The number of nitrogens with zero attached hydrogens (tertiary/aromatic N) is 5. The molecule has 3 aliphatic heterocycles. The quantitative estimate of drug-likeness (QED) is 0.683. The topological polar surface area (TPSA) is 118 Å². The van der Waals surface area contributed by atoms with Gasteiger partial charge in [0.2, 0.25) is 0 Å². The number of piperidine rings is 1. The summed E-state index contributed by atoms with van der Waals surface area (Å²) in [6.07, 6.45) is 4.99. The molecule has 9 nitrogen and oxygen atoms in total. The highest BCUT2D eigenvalue weighted by molar-refractivity contribution is 9.12. The molecule has 0 aliphatic carbocycles. The number of halogens is 1. The maximum atomic E-state index is 12.9. The molecule has 4 heterocycles. The van der Waals surface area contributed by atoms with Gasteiger partial charge in [0.05, 0.1) is 21.9 Å². The third kappa shape index (κ3) is 3.89. The molecule has 1 amide bonds. The standard InChI is InChI=1S/C20H24BrN7O2/c1-11(2)28-16(29)6-5-14(26-28)20(30)25-15-9-24-19-17(15)18(13(21)8-23-19)27-7-3-4-12(22)10-27/h5-6,8-9,11-12,19H,3-4,7,10,22H2,1-2H3,(H,25,30)/t12-,19?/m0/s1. The Morgan fingerprint density at radius 2 is 2.07 bits per heavy atom. The minimum Gasteiger partial charge on any atom is -0.369 e. The second-order valence-corrected chi connectivity index (χ2v) is 8.71. The number of rotatable bonds is 4. The van der Waals surface area contributed by atoms with Gasteiger partial charge in [-0.25, -0.2) is 4.68 Å². The summed E-state index contributed by atoms with van der Waals surface area (Å²) in [5, 5.41) is 7.11. The van der Waals surface area contributed by atoms with Gasteiger partial charge >= 0.3 is 0 Å². The van der Waals surface area contributed by atoms with Crippen LogP contribution in [-0.4, -0.2) is 58.3 Å². The fourth-order valence-electron chi connectivity index (χ4n) is 3.85. The summed E-state index contributed by atoms with van der Waals surface area (Å²) < 4.78 is 2.13. The van der Waals surface area contributed by atoms with E-state index in [0.29, 0.717) is 5.70 Å². The smallest absolute Gasteiger partial charge is 0.276 e. The normalized spacial score (nSPS) is 23.4. The maximum Gasteiger partial charge on any atom is 0.276 e. The zero-order chi connectivity index (χ0) is 21.4. The summed E-state index contributed by atoms with van der Waals surface area (Å²) >= 11 is 3.61. The zero-order valence-corrected chi connectivity index (χ0v) is 18.5. The SMILES string of the molecule is CC(C)n1nc(C(=O)NC2=C3C(N4CCC[C@H](N)C4)=C(Br)C=NC3N=C2)ccc1=O. The molecule has 30 heavy (non-hydrogen) atoms. The van der Waals surface area contributed by atoms with Gasteiger partial charge in [-0.3, -0.25) is 19.6 Å². The van der Waals surface area contributed by atoms with Crippen molar-refractivity contribution in [1.29, 1.82) is 0 Å². The van der Waals surface area contributed by atoms with Crippen LogP contribution in [0.1, 0.15) is 43.2 Å². The third-order valence-corrected chi connectivity index (χ3v) is 5.85. The van der Waals surface area contributed by atoms with Crippen molar-refractivity contribution in [3.05, 3.63) is 49.6 Å². The molecule has 3 aliphatic rings. The molecule has 3 N–H and O–H groups in total. The second-order valence-electron chi connectivity index (χ2n) is 7.85. The molecule has 0 bridgehead atoms. The van der Waals surface area contributed by atoms with Gasteiger partial charge in [0.25, 0.3) is 11.5 Å². The molecule has 10 heteroatoms. The minimum absolute atomic E-state index is 0.103. The highest BCUT2D eigenvalue weighted by Gasteiger charge is 2.34. The maximum absolute atomic E-state index is 12.9. The van der Waals surface area contributed by atoms with E-state index in [1.54, 1.807) is 12.4 Å². The van der Waals surface area contributed by atoms with Gasteiger partial charge < -0.3 is 16.0 Å². The lowest BCUT2D eigenvalue weighted by Gasteiger charge is -2.37. The van der Waals surface area contributed by atoms with Crippen molar-refractivity contribution < 1.29 is 4.79 Å². The van der Waals surface area contributed by atoms with E-state index in [1.807, 2.05) is 13.8 Å². The number of allylic oxidation sites excluding steroid dienone is 2. The van der Waals surface area contributed by atoms with Crippen LogP contribution in [0.15, 0.2) is 48.4 Å². The van der Waals surface area contributed by atoms with Crippen LogP contribution in [0.3, 0.4) is 0 Å². The highest BCUT2D eigenvalue weighted by atomic mass is 79.9. The van der Waals surface area contributed by atoms with E-state index < -0.39 is 12.1 Å². The van der Waals surface area contributed by atoms with Crippen LogP contribution in [0.4, 0.5) is 0 Å². The van der Waals surface area contributed by atoms with Gasteiger partial charge in [0.15, 0.2) is 6.17 Å². The monoisotopic (exact) mass is 473 g/mol. The Morgan fingerprint density at radius 1 is 1.30 bits per heavy atom. The summed E-state index contributed by atoms with van der Waals surface area (Å²) in [4.78, 5) is 36.0. The summed E-state index contributed by atoms with van der Waals surface area (Å²) in [5.41, 5.74) is 8.48. The summed E-state index contributed by atoms with van der Waals surface area (Å²) in [6, 6.07) is 2.74. The van der Waals surface area contributed by atoms with E-state index in [9.17, 15) is 9.59 Å². The van der Waals surface area contributed by atoms with Crippen molar-refractivity contribution in [3.63, 3.8) is 0 Å². The summed E-state index contributed by atoms with van der Waals surface area (Å²) in [6.45, 7) is 5.29. The first kappa shape index (κ1) is 20.7. The van der Waals surface area contributed by atoms with Crippen molar-refractivity contribution in [2.75, 3.05) is 13.1 Å². The van der Waals surface area contributed by atoms with Gasteiger partial charge in [-0.15, -0.1) is 0 Å². The number of aromatic nitrogens is 2. The molecule has 1 saturated heterocycles. The first-order chi connectivity index (χ1) is 14.3. The Bertz CT molecular complexity index is 1050. The van der Waals surface area contributed by atoms with Crippen LogP contribution in [-0.2, 0) is 0 Å². The number of aliphatic imine (C=N–C) groups is 2. The van der Waals surface area contributed by atoms with E-state index >= 15 is 0 Å². The molecule has 0 radical (unpaired) electrons. The number of likely N-dealkylation sites (tertiary alicyclic amines) is 1. The Labute approximate surface area is 182 Å². The van der Waals surface area contributed by atoms with Gasteiger partial charge in [-0.2, -0.15) is 5.10 Å². The number of dihydropyridines is 1. The molecule has 1 fully saturated rings. The first-order valence-electron chi connectivity index (χ1n) is 9.97. The number of nitrogens with one attached hydrogen (secondary N) is 1. The van der Waals surface area contributed by atoms with E-state index in [4.69, 9.17) is 5.73 Å². The van der Waals surface area contributed by atoms with Crippen LogP contribution in [0.25, 0.3) is 0 Å². The fraction of sp³-hybridized carbons (Fsp3) is 0.450. The van der Waals surface area contributed by atoms with Crippen LogP contribution < -0.4 is 16.6 Å². The van der Waals surface area contributed by atoms with Crippen molar-refractivity contribution >= 4 is 34.3 Å². The van der Waals surface area contributed by atoms with Crippen LogP contribution in [0.2, 0.25) is 0 Å². The summed E-state index contributed by atoms with van der Waals surface area (Å²) in [5.74, 6) is -0.403. The number of fused-ring (bicyclic) bond motifs is 1. The molecule has 1 aromatic heterocycles. The molecule has 1 aromatic rings. The number of hydrogen-bond donors (Lipinski definition) is 2. The number of nitrogens with two attached hydrogens (primary N) is 1. The predicted molar refractivity (Wildman–Crippen MR) is 119 cm³/mol. The molecular weight excluding hydrogens is 450 g/mol.